The summed E-state index contributed by atoms with van der Waals surface area (Å²) in [4.78, 5) is 9.55. The van der Waals surface area contributed by atoms with Crippen molar-refractivity contribution in [3.8, 4) is 5.75 Å². The number of aromatic nitrogens is 1. The highest BCUT2D eigenvalue weighted by molar-refractivity contribution is 7.09. The van der Waals surface area contributed by atoms with E-state index in [1.54, 1.807) is 30.8 Å². The minimum absolute atomic E-state index is 0.567. The number of nitrogens with zero attached hydrogens (tertiary/aromatic N) is 2. The molecule has 0 aromatic carbocycles. The van der Waals surface area contributed by atoms with Crippen LogP contribution >= 0.6 is 11.3 Å². The highest BCUT2D eigenvalue weighted by Crippen LogP contribution is 2.08. The number of aliphatic imine (C=N–C) groups is 1. The minimum Gasteiger partial charge on any atom is -0.490 e. The first kappa shape index (κ1) is 15.3. The summed E-state index contributed by atoms with van der Waals surface area (Å²) in [5, 5.41) is 8.60. The molecule has 0 saturated carbocycles. The molecule has 0 aliphatic carbocycles. The lowest BCUT2D eigenvalue weighted by atomic mass is 10.3. The average molecular weight is 304 g/mol. The molecule has 2 rings (SSSR count). The Morgan fingerprint density at radius 2 is 2.19 bits per heavy atom. The molecule has 6 heteroatoms. The van der Waals surface area contributed by atoms with E-state index in [9.17, 15) is 0 Å². The molecule has 0 unspecified atom stereocenters. The van der Waals surface area contributed by atoms with E-state index in [0.717, 1.165) is 24.7 Å². The van der Waals surface area contributed by atoms with Gasteiger partial charge in [-0.25, -0.2) is 0 Å². The van der Waals surface area contributed by atoms with E-state index < -0.39 is 0 Å². The number of pyridine rings is 1. The van der Waals surface area contributed by atoms with Gasteiger partial charge in [-0.1, -0.05) is 6.07 Å². The Kier molecular flexibility index (Phi) is 6.54. The van der Waals surface area contributed by atoms with Gasteiger partial charge >= 0.3 is 0 Å². The predicted molar refractivity (Wildman–Crippen MR) is 87.1 cm³/mol. The fraction of sp³-hybridized carbons (Fsp3) is 0.333. The van der Waals surface area contributed by atoms with Crippen molar-refractivity contribution < 1.29 is 4.74 Å². The second kappa shape index (κ2) is 8.97. The van der Waals surface area contributed by atoms with Gasteiger partial charge in [-0.2, -0.15) is 0 Å². The molecule has 2 aromatic heterocycles. The van der Waals surface area contributed by atoms with E-state index in [0.29, 0.717) is 13.2 Å². The second-order valence-corrected chi connectivity index (χ2v) is 5.32. The summed E-state index contributed by atoms with van der Waals surface area (Å²) in [5.74, 6) is 1.57. The van der Waals surface area contributed by atoms with E-state index in [-0.39, 0.29) is 0 Å². The largest absolute Gasteiger partial charge is 0.490 e. The van der Waals surface area contributed by atoms with Gasteiger partial charge in [0.1, 0.15) is 12.4 Å². The summed E-state index contributed by atoms with van der Waals surface area (Å²) in [5.41, 5.74) is 0. The maximum atomic E-state index is 5.56. The third-order valence-electron chi connectivity index (χ3n) is 2.77. The van der Waals surface area contributed by atoms with Gasteiger partial charge in [-0.15, -0.1) is 11.3 Å². The van der Waals surface area contributed by atoms with Crippen LogP contribution in [0.1, 0.15) is 4.88 Å². The van der Waals surface area contributed by atoms with Gasteiger partial charge in [0.25, 0.3) is 0 Å². The molecule has 0 spiro atoms. The van der Waals surface area contributed by atoms with Crippen molar-refractivity contribution in [2.24, 2.45) is 4.99 Å². The standard InChI is InChI=1S/C15H20N4OS/c1-16-15(18-8-6-14-5-3-11-21-14)19-9-10-20-13-4-2-7-17-12-13/h2-5,7,11-12H,6,8-10H2,1H3,(H2,16,18,19). The lowest BCUT2D eigenvalue weighted by Gasteiger charge is -2.12. The Bertz CT molecular complexity index is 528. The summed E-state index contributed by atoms with van der Waals surface area (Å²) in [7, 11) is 1.77. The number of rotatable bonds is 7. The van der Waals surface area contributed by atoms with Gasteiger partial charge in [0.2, 0.25) is 0 Å². The molecule has 0 atom stereocenters. The molecule has 112 valence electrons. The Morgan fingerprint density at radius 3 is 2.90 bits per heavy atom. The molecule has 0 saturated heterocycles. The van der Waals surface area contributed by atoms with Crippen LogP contribution in [-0.4, -0.2) is 37.7 Å². The molecule has 2 aromatic rings. The van der Waals surface area contributed by atoms with Crippen LogP contribution in [-0.2, 0) is 6.42 Å². The predicted octanol–water partition coefficient (Wildman–Crippen LogP) is 1.93. The molecule has 21 heavy (non-hydrogen) atoms. The van der Waals surface area contributed by atoms with Crippen molar-refractivity contribution in [1.82, 2.24) is 15.6 Å². The van der Waals surface area contributed by atoms with Crippen molar-refractivity contribution >= 4 is 17.3 Å². The smallest absolute Gasteiger partial charge is 0.191 e. The molecule has 5 nitrogen and oxygen atoms in total. The van der Waals surface area contributed by atoms with Crippen LogP contribution in [0.5, 0.6) is 5.75 Å². The van der Waals surface area contributed by atoms with E-state index in [1.165, 1.54) is 4.88 Å². The van der Waals surface area contributed by atoms with E-state index in [1.807, 2.05) is 12.1 Å². The first-order valence-corrected chi connectivity index (χ1v) is 7.76. The molecule has 0 bridgehead atoms. The van der Waals surface area contributed by atoms with Crippen LogP contribution in [0, 0.1) is 0 Å². The second-order valence-electron chi connectivity index (χ2n) is 4.29. The molecular weight excluding hydrogens is 284 g/mol. The van der Waals surface area contributed by atoms with E-state index >= 15 is 0 Å². The highest BCUT2D eigenvalue weighted by atomic mass is 32.1. The Labute approximate surface area is 129 Å². The number of hydrogen-bond acceptors (Lipinski definition) is 4. The molecule has 2 N–H and O–H groups in total. The summed E-state index contributed by atoms with van der Waals surface area (Å²) in [6, 6.07) is 7.96. The first-order chi connectivity index (χ1) is 10.4. The van der Waals surface area contributed by atoms with Crippen molar-refractivity contribution in [1.29, 1.82) is 0 Å². The zero-order chi connectivity index (χ0) is 14.8. The van der Waals surface area contributed by atoms with Gasteiger partial charge in [-0.05, 0) is 30.0 Å². The number of nitrogens with one attached hydrogen (secondary N) is 2. The van der Waals surface area contributed by atoms with Crippen molar-refractivity contribution in [3.05, 3.63) is 46.9 Å². The normalized spacial score (nSPS) is 11.2. The summed E-state index contributed by atoms with van der Waals surface area (Å²) < 4.78 is 5.56. The fourth-order valence-corrected chi connectivity index (χ4v) is 2.46. The third-order valence-corrected chi connectivity index (χ3v) is 3.70. The SMILES string of the molecule is CN=C(NCCOc1cccnc1)NCCc1cccs1. The third kappa shape index (κ3) is 5.83. The summed E-state index contributed by atoms with van der Waals surface area (Å²) in [6.45, 7) is 2.12. The van der Waals surface area contributed by atoms with Crippen LogP contribution < -0.4 is 15.4 Å². The van der Waals surface area contributed by atoms with Crippen molar-refractivity contribution in [2.75, 3.05) is 26.7 Å². The zero-order valence-electron chi connectivity index (χ0n) is 12.1. The van der Waals surface area contributed by atoms with E-state index in [4.69, 9.17) is 4.74 Å². The first-order valence-electron chi connectivity index (χ1n) is 6.88. The quantitative estimate of drug-likeness (QED) is 0.466. The molecular formula is C15H20N4OS. The fourth-order valence-electron chi connectivity index (χ4n) is 1.75. The molecule has 0 aliphatic rings. The number of guanidine groups is 1. The Balaban J connectivity index is 1.59. The zero-order valence-corrected chi connectivity index (χ0v) is 12.9. The Morgan fingerprint density at radius 1 is 1.29 bits per heavy atom. The average Bonchev–Trinajstić information content (AvgIpc) is 3.04. The molecule has 0 amide bonds. The van der Waals surface area contributed by atoms with Crippen molar-refractivity contribution in [2.45, 2.75) is 6.42 Å². The summed E-state index contributed by atoms with van der Waals surface area (Å²) >= 11 is 1.78. The maximum absolute atomic E-state index is 5.56. The van der Waals surface area contributed by atoms with Crippen LogP contribution in [0.3, 0.4) is 0 Å². The van der Waals surface area contributed by atoms with Gasteiger partial charge in [-0.3, -0.25) is 9.98 Å². The maximum Gasteiger partial charge on any atom is 0.191 e. The number of ether oxygens (including phenoxy) is 1. The monoisotopic (exact) mass is 304 g/mol. The van der Waals surface area contributed by atoms with Gasteiger partial charge in [0.05, 0.1) is 12.7 Å². The van der Waals surface area contributed by atoms with Gasteiger partial charge in [0.15, 0.2) is 5.96 Å². The van der Waals surface area contributed by atoms with Crippen LogP contribution in [0.2, 0.25) is 0 Å². The van der Waals surface area contributed by atoms with Crippen LogP contribution in [0.25, 0.3) is 0 Å². The van der Waals surface area contributed by atoms with E-state index in [2.05, 4.69) is 38.1 Å². The van der Waals surface area contributed by atoms with Crippen LogP contribution in [0.4, 0.5) is 0 Å². The minimum atomic E-state index is 0.567. The topological polar surface area (TPSA) is 58.5 Å². The molecule has 0 fully saturated rings. The van der Waals surface area contributed by atoms with Gasteiger partial charge in [0, 0.05) is 24.7 Å². The summed E-state index contributed by atoms with van der Waals surface area (Å²) in [6.07, 6.45) is 4.43. The van der Waals surface area contributed by atoms with Crippen LogP contribution in [0.15, 0.2) is 47.0 Å². The van der Waals surface area contributed by atoms with Gasteiger partial charge < -0.3 is 15.4 Å². The molecule has 0 aliphatic heterocycles. The van der Waals surface area contributed by atoms with Crippen molar-refractivity contribution in [3.63, 3.8) is 0 Å². The number of thiophene rings is 1. The lowest BCUT2D eigenvalue weighted by molar-refractivity contribution is 0.320. The molecule has 0 radical (unpaired) electrons. The lowest BCUT2D eigenvalue weighted by Crippen LogP contribution is -2.40. The number of hydrogen-bond donors (Lipinski definition) is 2. The Hall–Kier alpha value is -2.08. The highest BCUT2D eigenvalue weighted by Gasteiger charge is 1.98. The molecule has 2 heterocycles.